The van der Waals surface area contributed by atoms with Gasteiger partial charge in [0.2, 0.25) is 11.8 Å². The molecule has 0 aliphatic carbocycles. The van der Waals surface area contributed by atoms with Crippen LogP contribution >= 0.6 is 0 Å². The molecule has 0 spiro atoms. The van der Waals surface area contributed by atoms with Crippen LogP contribution in [-0.4, -0.2) is 29.9 Å². The molecule has 0 bridgehead atoms. The summed E-state index contributed by atoms with van der Waals surface area (Å²) in [5.41, 5.74) is 1.15. The molecule has 1 aliphatic heterocycles. The molecule has 5 heteroatoms. The van der Waals surface area contributed by atoms with Crippen LogP contribution in [0.5, 0.6) is 0 Å². The number of carbonyl (C=O) groups is 2. The monoisotopic (exact) mass is 261 g/mol. The van der Waals surface area contributed by atoms with Gasteiger partial charge in [0.05, 0.1) is 11.1 Å². The molecule has 0 aromatic carbocycles. The van der Waals surface area contributed by atoms with Crippen molar-refractivity contribution in [3.05, 3.63) is 24.0 Å². The van der Waals surface area contributed by atoms with Crippen LogP contribution in [0.15, 0.2) is 18.5 Å². The lowest BCUT2D eigenvalue weighted by Crippen LogP contribution is -2.57. The van der Waals surface area contributed by atoms with E-state index in [1.54, 1.807) is 24.3 Å². The molecule has 2 amide bonds. The van der Waals surface area contributed by atoms with Crippen molar-refractivity contribution in [2.45, 2.75) is 33.2 Å². The molecule has 5 nitrogen and oxygen atoms in total. The van der Waals surface area contributed by atoms with Gasteiger partial charge in [0.25, 0.3) is 0 Å². The lowest BCUT2D eigenvalue weighted by atomic mass is 9.73. The maximum absolute atomic E-state index is 12.2. The lowest BCUT2D eigenvalue weighted by molar-refractivity contribution is -0.131. The first-order valence-electron chi connectivity index (χ1n) is 6.36. The fraction of sp³-hybridized carbons (Fsp3) is 0.500. The zero-order chi connectivity index (χ0) is 14.2. The lowest BCUT2D eigenvalue weighted by Gasteiger charge is -2.45. The zero-order valence-corrected chi connectivity index (χ0v) is 11.7. The minimum absolute atomic E-state index is 0.0549. The van der Waals surface area contributed by atoms with E-state index in [9.17, 15) is 9.59 Å². The molecule has 0 fully saturated rings. The van der Waals surface area contributed by atoms with Gasteiger partial charge in [0, 0.05) is 32.4 Å². The summed E-state index contributed by atoms with van der Waals surface area (Å²) < 4.78 is 0. The van der Waals surface area contributed by atoms with Gasteiger partial charge in [-0.2, -0.15) is 0 Å². The van der Waals surface area contributed by atoms with Crippen LogP contribution in [0.2, 0.25) is 0 Å². The highest BCUT2D eigenvalue weighted by Crippen LogP contribution is 2.40. The van der Waals surface area contributed by atoms with Gasteiger partial charge in [-0.3, -0.25) is 14.6 Å². The van der Waals surface area contributed by atoms with E-state index in [4.69, 9.17) is 0 Å². The van der Waals surface area contributed by atoms with Crippen LogP contribution in [0, 0.1) is 5.41 Å². The number of pyridine rings is 1. The van der Waals surface area contributed by atoms with Crippen LogP contribution in [0.3, 0.4) is 0 Å². The molecule has 102 valence electrons. The van der Waals surface area contributed by atoms with Crippen molar-refractivity contribution in [2.24, 2.45) is 5.41 Å². The second kappa shape index (κ2) is 4.64. The van der Waals surface area contributed by atoms with Crippen molar-refractivity contribution >= 4 is 17.5 Å². The molecule has 0 radical (unpaired) electrons. The quantitative estimate of drug-likeness (QED) is 0.824. The molecule has 1 N–H and O–H groups in total. The number of nitrogens with zero attached hydrogens (tertiary/aromatic N) is 2. The van der Waals surface area contributed by atoms with Crippen LogP contribution in [0.4, 0.5) is 5.69 Å². The first-order chi connectivity index (χ1) is 8.91. The average Bonchev–Trinajstić information content (AvgIpc) is 2.38. The summed E-state index contributed by atoms with van der Waals surface area (Å²) in [6.45, 7) is 5.33. The Morgan fingerprint density at radius 1 is 1.53 bits per heavy atom. The summed E-state index contributed by atoms with van der Waals surface area (Å²) in [5, 5.41) is 2.70. The van der Waals surface area contributed by atoms with Crippen molar-refractivity contribution in [3.8, 4) is 0 Å². The first kappa shape index (κ1) is 13.5. The Bertz CT molecular complexity index is 529. The molecular weight excluding hydrogens is 242 g/mol. The fourth-order valence-electron chi connectivity index (χ4n) is 2.83. The van der Waals surface area contributed by atoms with Gasteiger partial charge in [-0.15, -0.1) is 0 Å². The summed E-state index contributed by atoms with van der Waals surface area (Å²) in [4.78, 5) is 29.9. The predicted octanol–water partition coefficient (Wildman–Crippen LogP) is 1.13. The Kier molecular flexibility index (Phi) is 3.30. The maximum Gasteiger partial charge on any atom is 0.228 e. The number of fused-ring (bicyclic) bond motifs is 1. The van der Waals surface area contributed by atoms with E-state index >= 15 is 0 Å². The Morgan fingerprint density at radius 2 is 2.21 bits per heavy atom. The van der Waals surface area contributed by atoms with E-state index < -0.39 is 5.41 Å². The van der Waals surface area contributed by atoms with E-state index in [-0.39, 0.29) is 17.9 Å². The molecule has 1 aromatic heterocycles. The highest BCUT2D eigenvalue weighted by molar-refractivity contribution is 5.96. The molecule has 1 aromatic rings. The van der Waals surface area contributed by atoms with Crippen molar-refractivity contribution in [1.29, 1.82) is 0 Å². The molecular formula is C14H19N3O2. The number of anilines is 1. The Balaban J connectivity index is 2.57. The minimum Gasteiger partial charge on any atom is -0.359 e. The summed E-state index contributed by atoms with van der Waals surface area (Å²) in [5.74, 6) is -0.115. The largest absolute Gasteiger partial charge is 0.359 e. The molecule has 2 heterocycles. The minimum atomic E-state index is -0.642. The number of aromatic nitrogens is 1. The van der Waals surface area contributed by atoms with Gasteiger partial charge in [0.1, 0.15) is 0 Å². The van der Waals surface area contributed by atoms with Crippen molar-refractivity contribution in [3.63, 3.8) is 0 Å². The Morgan fingerprint density at radius 3 is 2.79 bits per heavy atom. The first-order valence-corrected chi connectivity index (χ1v) is 6.36. The van der Waals surface area contributed by atoms with Gasteiger partial charge in [0.15, 0.2) is 0 Å². The van der Waals surface area contributed by atoms with Crippen molar-refractivity contribution < 1.29 is 9.59 Å². The number of amides is 2. The molecule has 0 saturated carbocycles. The van der Waals surface area contributed by atoms with E-state index in [0.717, 1.165) is 11.3 Å². The van der Waals surface area contributed by atoms with Gasteiger partial charge in [-0.25, -0.2) is 0 Å². The van der Waals surface area contributed by atoms with Crippen LogP contribution in [0.1, 0.15) is 26.3 Å². The molecule has 19 heavy (non-hydrogen) atoms. The van der Waals surface area contributed by atoms with Crippen molar-refractivity contribution in [1.82, 2.24) is 10.3 Å². The highest BCUT2D eigenvalue weighted by atomic mass is 16.2. The van der Waals surface area contributed by atoms with Gasteiger partial charge < -0.3 is 10.2 Å². The standard InChI is InChI=1S/C14H19N3O2/c1-9-14(3,13(19)15-4)7-11-8-16-6-5-12(11)17(9)10(2)18/h5-6,8-9H,7H2,1-4H3,(H,15,19)/t9-,14-/m0/s1. The SMILES string of the molecule is CNC(=O)[C@@]1(C)Cc2cnccc2N(C(C)=O)[C@H]1C. The van der Waals surface area contributed by atoms with E-state index in [1.807, 2.05) is 19.9 Å². The van der Waals surface area contributed by atoms with E-state index in [0.29, 0.717) is 6.42 Å². The van der Waals surface area contributed by atoms with Gasteiger partial charge >= 0.3 is 0 Å². The summed E-state index contributed by atoms with van der Waals surface area (Å²) in [7, 11) is 1.62. The smallest absolute Gasteiger partial charge is 0.228 e. The van der Waals surface area contributed by atoms with E-state index in [1.165, 1.54) is 6.92 Å². The topological polar surface area (TPSA) is 62.3 Å². The Labute approximate surface area is 113 Å². The second-order valence-corrected chi connectivity index (χ2v) is 5.24. The highest BCUT2D eigenvalue weighted by Gasteiger charge is 2.46. The van der Waals surface area contributed by atoms with Crippen LogP contribution in [-0.2, 0) is 16.0 Å². The van der Waals surface area contributed by atoms with Crippen molar-refractivity contribution in [2.75, 3.05) is 11.9 Å². The number of carbonyl (C=O) groups excluding carboxylic acids is 2. The van der Waals surface area contributed by atoms with Gasteiger partial charge in [-0.1, -0.05) is 0 Å². The number of nitrogens with one attached hydrogen (secondary N) is 1. The Hall–Kier alpha value is -1.91. The molecule has 0 saturated heterocycles. The van der Waals surface area contributed by atoms with Crippen LogP contribution in [0.25, 0.3) is 0 Å². The van der Waals surface area contributed by atoms with Crippen LogP contribution < -0.4 is 10.2 Å². The van der Waals surface area contributed by atoms with Gasteiger partial charge in [-0.05, 0) is 31.9 Å². The fourth-order valence-corrected chi connectivity index (χ4v) is 2.83. The third-order valence-corrected chi connectivity index (χ3v) is 4.09. The normalized spacial score (nSPS) is 25.7. The maximum atomic E-state index is 12.2. The average molecular weight is 261 g/mol. The molecule has 0 unspecified atom stereocenters. The predicted molar refractivity (Wildman–Crippen MR) is 72.7 cm³/mol. The summed E-state index contributed by atoms with van der Waals surface area (Å²) in [6.07, 6.45) is 3.99. The summed E-state index contributed by atoms with van der Waals surface area (Å²) in [6, 6.07) is 1.64. The third-order valence-electron chi connectivity index (χ3n) is 4.09. The third kappa shape index (κ3) is 1.99. The molecule has 1 aliphatic rings. The summed E-state index contributed by atoms with van der Waals surface area (Å²) >= 11 is 0. The molecule has 2 atom stereocenters. The zero-order valence-electron chi connectivity index (χ0n) is 11.7. The number of rotatable bonds is 1. The number of hydrogen-bond donors (Lipinski definition) is 1. The molecule has 2 rings (SSSR count). The number of hydrogen-bond acceptors (Lipinski definition) is 3. The second-order valence-electron chi connectivity index (χ2n) is 5.24. The van der Waals surface area contributed by atoms with E-state index in [2.05, 4.69) is 10.3 Å².